The second kappa shape index (κ2) is 8.73. The van der Waals surface area contributed by atoms with Gasteiger partial charge in [0, 0.05) is 16.5 Å². The van der Waals surface area contributed by atoms with E-state index in [1.54, 1.807) is 33.8 Å². The Bertz CT molecular complexity index is 1060. The summed E-state index contributed by atoms with van der Waals surface area (Å²) in [6.45, 7) is 10.8. The molecule has 7 heteroatoms. The minimum absolute atomic E-state index is 0.165. The largest absolute Gasteiger partial charge is 0.444 e. The lowest BCUT2D eigenvalue weighted by Gasteiger charge is -2.25. The quantitative estimate of drug-likeness (QED) is 0.429. The van der Waals surface area contributed by atoms with Gasteiger partial charge < -0.3 is 19.2 Å². The van der Waals surface area contributed by atoms with Crippen molar-refractivity contribution in [1.29, 1.82) is 0 Å². The van der Waals surface area contributed by atoms with Gasteiger partial charge in [-0.05, 0) is 70.6 Å². The van der Waals surface area contributed by atoms with E-state index in [1.165, 1.54) is 0 Å². The third kappa shape index (κ3) is 4.92. The normalized spacial score (nSPS) is 15.3. The molecule has 0 bridgehead atoms. The molecule has 0 aliphatic heterocycles. The lowest BCUT2D eigenvalue weighted by Crippen LogP contribution is -2.48. The first-order chi connectivity index (χ1) is 14.5. The minimum Gasteiger partial charge on any atom is -0.444 e. The summed E-state index contributed by atoms with van der Waals surface area (Å²) in [5.41, 5.74) is 1.79. The number of hydrogen-bond donors (Lipinski definition) is 1. The predicted molar refractivity (Wildman–Crippen MR) is 117 cm³/mol. The molecule has 31 heavy (non-hydrogen) atoms. The number of benzene rings is 1. The van der Waals surface area contributed by atoms with Crippen LogP contribution in [0, 0.1) is 12.8 Å². The van der Waals surface area contributed by atoms with Crippen LogP contribution in [0.2, 0.25) is 0 Å². The van der Waals surface area contributed by atoms with Gasteiger partial charge in [0.2, 0.25) is 0 Å². The fraction of sp³-hybridized carbons (Fsp3) is 0.542. The summed E-state index contributed by atoms with van der Waals surface area (Å²) in [4.78, 5) is 37.6. The van der Waals surface area contributed by atoms with E-state index in [0.717, 1.165) is 35.8 Å². The SMILES string of the molecule is CC[C@@H](C)[C@H](NC(=O)OC(C)(C)C)C(=O)Oc1ccc2c3c(c(=O)oc2c1C)CCC3. The molecule has 0 radical (unpaired) electrons. The molecule has 2 atom stereocenters. The highest BCUT2D eigenvalue weighted by molar-refractivity contribution is 5.88. The van der Waals surface area contributed by atoms with Gasteiger partial charge in [0.25, 0.3) is 0 Å². The number of alkyl carbamates (subject to hydrolysis) is 1. The first-order valence-corrected chi connectivity index (χ1v) is 10.8. The zero-order valence-electron chi connectivity index (χ0n) is 19.1. The molecule has 0 fully saturated rings. The summed E-state index contributed by atoms with van der Waals surface area (Å²) in [7, 11) is 0. The second-order valence-corrected chi connectivity index (χ2v) is 9.20. The third-order valence-electron chi connectivity index (χ3n) is 5.69. The van der Waals surface area contributed by atoms with Gasteiger partial charge in [0.15, 0.2) is 0 Å². The van der Waals surface area contributed by atoms with E-state index in [-0.39, 0.29) is 11.5 Å². The molecule has 1 aliphatic rings. The van der Waals surface area contributed by atoms with Crippen molar-refractivity contribution in [2.75, 3.05) is 0 Å². The molecule has 0 spiro atoms. The Morgan fingerprint density at radius 3 is 2.52 bits per heavy atom. The number of aryl methyl sites for hydroxylation is 2. The molecular formula is C24H31NO6. The number of nitrogens with one attached hydrogen (secondary N) is 1. The first kappa shape index (κ1) is 22.8. The van der Waals surface area contributed by atoms with Crippen molar-refractivity contribution in [1.82, 2.24) is 5.32 Å². The van der Waals surface area contributed by atoms with Crippen LogP contribution in [0.15, 0.2) is 21.3 Å². The zero-order chi connectivity index (χ0) is 22.9. The molecule has 168 valence electrons. The van der Waals surface area contributed by atoms with E-state index in [1.807, 2.05) is 19.9 Å². The Labute approximate surface area is 182 Å². The van der Waals surface area contributed by atoms with Crippen molar-refractivity contribution in [2.45, 2.75) is 78.9 Å². The third-order valence-corrected chi connectivity index (χ3v) is 5.69. The van der Waals surface area contributed by atoms with Gasteiger partial charge in [-0.1, -0.05) is 20.3 Å². The maximum Gasteiger partial charge on any atom is 0.408 e. The molecule has 0 saturated carbocycles. The molecule has 1 aromatic carbocycles. The Morgan fingerprint density at radius 1 is 1.19 bits per heavy atom. The number of ether oxygens (including phenoxy) is 2. The molecule has 1 N–H and O–H groups in total. The van der Waals surface area contributed by atoms with Crippen molar-refractivity contribution >= 4 is 23.0 Å². The van der Waals surface area contributed by atoms with Crippen molar-refractivity contribution < 1.29 is 23.5 Å². The average molecular weight is 430 g/mol. The minimum atomic E-state index is -0.873. The Balaban J connectivity index is 1.88. The highest BCUT2D eigenvalue weighted by Gasteiger charge is 2.31. The molecule has 1 heterocycles. The maximum atomic E-state index is 13.0. The first-order valence-electron chi connectivity index (χ1n) is 10.8. The van der Waals surface area contributed by atoms with E-state index >= 15 is 0 Å². The van der Waals surface area contributed by atoms with Crippen LogP contribution in [0.5, 0.6) is 5.75 Å². The molecule has 7 nitrogen and oxygen atoms in total. The summed E-state index contributed by atoms with van der Waals surface area (Å²) >= 11 is 0. The summed E-state index contributed by atoms with van der Waals surface area (Å²) in [5.74, 6) is -0.453. The van der Waals surface area contributed by atoms with Crippen LogP contribution in [-0.4, -0.2) is 23.7 Å². The highest BCUT2D eigenvalue weighted by Crippen LogP contribution is 2.33. The van der Waals surface area contributed by atoms with Crippen LogP contribution in [-0.2, 0) is 22.4 Å². The highest BCUT2D eigenvalue weighted by atomic mass is 16.6. The van der Waals surface area contributed by atoms with E-state index in [0.29, 0.717) is 23.3 Å². The van der Waals surface area contributed by atoms with Gasteiger partial charge in [-0.25, -0.2) is 14.4 Å². The van der Waals surface area contributed by atoms with Crippen LogP contribution < -0.4 is 15.7 Å². The zero-order valence-corrected chi connectivity index (χ0v) is 19.1. The molecule has 1 aliphatic carbocycles. The van der Waals surface area contributed by atoms with Gasteiger partial charge in [-0.2, -0.15) is 0 Å². The van der Waals surface area contributed by atoms with E-state index in [2.05, 4.69) is 5.32 Å². The second-order valence-electron chi connectivity index (χ2n) is 9.20. The molecule has 0 unspecified atom stereocenters. The lowest BCUT2D eigenvalue weighted by molar-refractivity contribution is -0.138. The fourth-order valence-corrected chi connectivity index (χ4v) is 3.85. The number of carbonyl (C=O) groups excluding carboxylic acids is 2. The van der Waals surface area contributed by atoms with Crippen LogP contribution in [0.3, 0.4) is 0 Å². The maximum absolute atomic E-state index is 13.0. The topological polar surface area (TPSA) is 94.8 Å². The summed E-state index contributed by atoms with van der Waals surface area (Å²) in [6.07, 6.45) is 2.49. The Kier molecular flexibility index (Phi) is 6.43. The molecule has 1 aromatic heterocycles. The van der Waals surface area contributed by atoms with Gasteiger partial charge in [-0.15, -0.1) is 0 Å². The molecule has 1 amide bonds. The Hall–Kier alpha value is -2.83. The van der Waals surface area contributed by atoms with E-state index in [4.69, 9.17) is 13.9 Å². The van der Waals surface area contributed by atoms with Gasteiger partial charge in [0.1, 0.15) is 23.0 Å². The molecule has 0 saturated heterocycles. The van der Waals surface area contributed by atoms with E-state index < -0.39 is 23.7 Å². The van der Waals surface area contributed by atoms with Crippen molar-refractivity contribution in [3.8, 4) is 5.75 Å². The summed E-state index contributed by atoms with van der Waals surface area (Å²) in [6, 6.07) is 2.68. The number of rotatable bonds is 5. The number of hydrogen-bond acceptors (Lipinski definition) is 6. The molecule has 2 aromatic rings. The number of carbonyl (C=O) groups is 2. The van der Waals surface area contributed by atoms with Crippen LogP contribution in [0.25, 0.3) is 11.0 Å². The number of esters is 1. The van der Waals surface area contributed by atoms with Gasteiger partial charge in [0.05, 0.1) is 0 Å². The Morgan fingerprint density at radius 2 is 1.87 bits per heavy atom. The van der Waals surface area contributed by atoms with Crippen molar-refractivity contribution in [3.05, 3.63) is 39.2 Å². The summed E-state index contributed by atoms with van der Waals surface area (Å²) < 4.78 is 16.5. The lowest BCUT2D eigenvalue weighted by atomic mass is 9.99. The average Bonchev–Trinajstić information content (AvgIpc) is 3.17. The van der Waals surface area contributed by atoms with E-state index in [9.17, 15) is 14.4 Å². The molecule has 3 rings (SSSR count). The van der Waals surface area contributed by atoms with Crippen LogP contribution >= 0.6 is 0 Å². The summed E-state index contributed by atoms with van der Waals surface area (Å²) in [5, 5.41) is 3.52. The van der Waals surface area contributed by atoms with Crippen molar-refractivity contribution in [2.24, 2.45) is 5.92 Å². The monoisotopic (exact) mass is 429 g/mol. The fourth-order valence-electron chi connectivity index (χ4n) is 3.85. The van der Waals surface area contributed by atoms with Crippen LogP contribution in [0.4, 0.5) is 4.79 Å². The van der Waals surface area contributed by atoms with Crippen LogP contribution in [0.1, 0.15) is 64.2 Å². The molecular weight excluding hydrogens is 398 g/mol. The standard InChI is InChI=1S/C24H31NO6/c1-7-13(2)19(25-23(28)31-24(4,5)6)22(27)29-18-12-11-16-15-9-8-10-17(15)21(26)30-20(16)14(18)3/h11-13,19H,7-10H2,1-6H3,(H,25,28)/t13-,19+/m1/s1. The number of fused-ring (bicyclic) bond motifs is 3. The number of amides is 1. The smallest absolute Gasteiger partial charge is 0.408 e. The van der Waals surface area contributed by atoms with Gasteiger partial charge >= 0.3 is 17.7 Å². The van der Waals surface area contributed by atoms with Gasteiger partial charge in [-0.3, -0.25) is 0 Å². The predicted octanol–water partition coefficient (Wildman–Crippen LogP) is 4.43. The van der Waals surface area contributed by atoms with Crippen molar-refractivity contribution in [3.63, 3.8) is 0 Å².